The number of rotatable bonds is 5. The summed E-state index contributed by atoms with van der Waals surface area (Å²) in [5, 5.41) is 4.70. The van der Waals surface area contributed by atoms with Crippen LogP contribution in [-0.4, -0.2) is 62.1 Å². The molecule has 0 aliphatic carbocycles. The van der Waals surface area contributed by atoms with Crippen molar-refractivity contribution in [3.8, 4) is 0 Å². The fraction of sp³-hybridized carbons (Fsp3) is 0.571. The van der Waals surface area contributed by atoms with Crippen molar-refractivity contribution in [1.82, 2.24) is 15.1 Å². The van der Waals surface area contributed by atoms with Crippen LogP contribution in [0.1, 0.15) is 25.0 Å². The maximum absolute atomic E-state index is 5.90. The molecule has 0 spiro atoms. The van der Waals surface area contributed by atoms with Gasteiger partial charge in [0.25, 0.3) is 0 Å². The number of nitrogens with one attached hydrogen (secondary N) is 1. The first kappa shape index (κ1) is 17.4. The quantitative estimate of drug-likeness (QED) is 0.662. The zero-order chi connectivity index (χ0) is 17.8. The second-order valence-corrected chi connectivity index (χ2v) is 7.58. The minimum atomic E-state index is 0.780. The van der Waals surface area contributed by atoms with E-state index < -0.39 is 0 Å². The first-order valence-corrected chi connectivity index (χ1v) is 9.97. The predicted octanol–water partition coefficient (Wildman–Crippen LogP) is 2.97. The Kier molecular flexibility index (Phi) is 5.44. The predicted molar refractivity (Wildman–Crippen MR) is 107 cm³/mol. The monoisotopic (exact) mass is 354 g/mol. The summed E-state index contributed by atoms with van der Waals surface area (Å²) in [7, 11) is 1.89. The highest BCUT2D eigenvalue weighted by Gasteiger charge is 2.27. The Labute approximate surface area is 156 Å². The Bertz CT molecular complexity index is 714. The van der Waals surface area contributed by atoms with E-state index in [-0.39, 0.29) is 0 Å². The van der Waals surface area contributed by atoms with E-state index in [1.807, 2.05) is 25.2 Å². The third kappa shape index (κ3) is 4.04. The van der Waals surface area contributed by atoms with Crippen molar-refractivity contribution >= 4 is 16.9 Å². The van der Waals surface area contributed by atoms with Crippen LogP contribution in [0, 0.1) is 5.92 Å². The van der Waals surface area contributed by atoms with Gasteiger partial charge >= 0.3 is 0 Å². The van der Waals surface area contributed by atoms with E-state index in [2.05, 4.69) is 32.2 Å². The van der Waals surface area contributed by atoms with Crippen LogP contribution in [0.3, 0.4) is 0 Å². The standard InChI is InChI=1S/C21H30N4O/c1-22-21(25-13-9-17(16-25)15-24-11-4-5-12-24)23-10-8-19-14-18-6-2-3-7-20(18)26-19/h2-3,6-7,14,17H,4-5,8-13,15-16H2,1H3,(H,22,23). The van der Waals surface area contributed by atoms with Gasteiger partial charge in [-0.3, -0.25) is 4.99 Å². The molecule has 2 fully saturated rings. The van der Waals surface area contributed by atoms with Gasteiger partial charge in [0.1, 0.15) is 11.3 Å². The number of fused-ring (bicyclic) bond motifs is 1. The van der Waals surface area contributed by atoms with Crippen molar-refractivity contribution in [2.45, 2.75) is 25.7 Å². The number of nitrogens with zero attached hydrogens (tertiary/aromatic N) is 3. The smallest absolute Gasteiger partial charge is 0.193 e. The highest BCUT2D eigenvalue weighted by atomic mass is 16.3. The third-order valence-corrected chi connectivity index (χ3v) is 5.64. The molecule has 0 saturated carbocycles. The molecule has 2 saturated heterocycles. The van der Waals surface area contributed by atoms with Crippen molar-refractivity contribution in [2.75, 3.05) is 46.3 Å². The molecule has 5 nitrogen and oxygen atoms in total. The zero-order valence-corrected chi connectivity index (χ0v) is 15.8. The summed E-state index contributed by atoms with van der Waals surface area (Å²) in [4.78, 5) is 9.54. The topological polar surface area (TPSA) is 44.0 Å². The molecule has 0 radical (unpaired) electrons. The average molecular weight is 354 g/mol. The van der Waals surface area contributed by atoms with Crippen LogP contribution < -0.4 is 5.32 Å². The lowest BCUT2D eigenvalue weighted by Gasteiger charge is -2.23. The SMILES string of the molecule is CN=C(NCCc1cc2ccccc2o1)N1CCC(CN2CCCC2)C1. The van der Waals surface area contributed by atoms with Gasteiger partial charge < -0.3 is 19.5 Å². The lowest BCUT2D eigenvalue weighted by atomic mass is 10.1. The molecule has 1 aromatic heterocycles. The van der Waals surface area contributed by atoms with Gasteiger partial charge in [0.05, 0.1) is 0 Å². The van der Waals surface area contributed by atoms with E-state index in [4.69, 9.17) is 4.42 Å². The molecule has 5 heteroatoms. The maximum Gasteiger partial charge on any atom is 0.193 e. The van der Waals surface area contributed by atoms with Crippen molar-refractivity contribution in [1.29, 1.82) is 0 Å². The lowest BCUT2D eigenvalue weighted by molar-refractivity contribution is 0.281. The van der Waals surface area contributed by atoms with Crippen molar-refractivity contribution in [3.05, 3.63) is 36.1 Å². The van der Waals surface area contributed by atoms with Crippen molar-refractivity contribution in [2.24, 2.45) is 10.9 Å². The lowest BCUT2D eigenvalue weighted by Crippen LogP contribution is -2.41. The number of aliphatic imine (C=N–C) groups is 1. The molecular weight excluding hydrogens is 324 g/mol. The van der Waals surface area contributed by atoms with Gasteiger partial charge in [0.15, 0.2) is 5.96 Å². The highest BCUT2D eigenvalue weighted by molar-refractivity contribution is 5.80. The number of para-hydroxylation sites is 1. The van der Waals surface area contributed by atoms with Gasteiger partial charge in [0, 0.05) is 45.0 Å². The molecule has 1 unspecified atom stereocenters. The summed E-state index contributed by atoms with van der Waals surface area (Å²) < 4.78 is 5.90. The molecule has 26 heavy (non-hydrogen) atoms. The number of likely N-dealkylation sites (tertiary alicyclic amines) is 2. The van der Waals surface area contributed by atoms with E-state index >= 15 is 0 Å². The molecule has 2 aromatic rings. The minimum absolute atomic E-state index is 0.780. The van der Waals surface area contributed by atoms with E-state index in [0.29, 0.717) is 0 Å². The van der Waals surface area contributed by atoms with Gasteiger partial charge in [-0.25, -0.2) is 0 Å². The minimum Gasteiger partial charge on any atom is -0.461 e. The molecule has 2 aliphatic rings. The van der Waals surface area contributed by atoms with Crippen molar-refractivity contribution < 1.29 is 4.42 Å². The molecule has 4 rings (SSSR count). The van der Waals surface area contributed by atoms with Gasteiger partial charge in [-0.1, -0.05) is 18.2 Å². The molecule has 3 heterocycles. The van der Waals surface area contributed by atoms with E-state index in [9.17, 15) is 0 Å². The van der Waals surface area contributed by atoms with E-state index in [1.165, 1.54) is 44.3 Å². The summed E-state index contributed by atoms with van der Waals surface area (Å²) in [6.45, 7) is 6.93. The third-order valence-electron chi connectivity index (χ3n) is 5.64. The highest BCUT2D eigenvalue weighted by Crippen LogP contribution is 2.21. The molecule has 1 N–H and O–H groups in total. The summed E-state index contributed by atoms with van der Waals surface area (Å²) in [6.07, 6.45) is 4.91. The summed E-state index contributed by atoms with van der Waals surface area (Å²) in [6, 6.07) is 10.3. The largest absolute Gasteiger partial charge is 0.461 e. The molecule has 0 bridgehead atoms. The van der Waals surface area contributed by atoms with Gasteiger partial charge in [-0.05, 0) is 50.4 Å². The molecule has 1 atom stereocenters. The Hall–Kier alpha value is -2.01. The van der Waals surface area contributed by atoms with Crippen LogP contribution >= 0.6 is 0 Å². The Morgan fingerprint density at radius 2 is 2.08 bits per heavy atom. The van der Waals surface area contributed by atoms with Crippen LogP contribution in [0.4, 0.5) is 0 Å². The van der Waals surface area contributed by atoms with Crippen LogP contribution in [-0.2, 0) is 6.42 Å². The first-order chi connectivity index (χ1) is 12.8. The fourth-order valence-electron chi connectivity index (χ4n) is 4.29. The molecule has 2 aliphatic heterocycles. The molecule has 0 amide bonds. The van der Waals surface area contributed by atoms with Gasteiger partial charge in [0.2, 0.25) is 0 Å². The van der Waals surface area contributed by atoms with Crippen LogP contribution in [0.2, 0.25) is 0 Å². The van der Waals surface area contributed by atoms with Crippen LogP contribution in [0.5, 0.6) is 0 Å². The zero-order valence-electron chi connectivity index (χ0n) is 15.8. The molecule has 1 aromatic carbocycles. The summed E-state index contributed by atoms with van der Waals surface area (Å²) in [5.41, 5.74) is 0.969. The van der Waals surface area contributed by atoms with E-state index in [1.54, 1.807) is 0 Å². The van der Waals surface area contributed by atoms with Gasteiger partial charge in [-0.15, -0.1) is 0 Å². The number of hydrogen-bond donors (Lipinski definition) is 1. The second-order valence-electron chi connectivity index (χ2n) is 7.58. The number of furan rings is 1. The Balaban J connectivity index is 1.25. The number of benzene rings is 1. The summed E-state index contributed by atoms with van der Waals surface area (Å²) in [5.74, 6) is 2.84. The van der Waals surface area contributed by atoms with Crippen molar-refractivity contribution in [3.63, 3.8) is 0 Å². The molecule has 140 valence electrons. The van der Waals surface area contributed by atoms with Crippen LogP contribution in [0.15, 0.2) is 39.7 Å². The molecular formula is C21H30N4O. The average Bonchev–Trinajstić information content (AvgIpc) is 3.39. The number of hydrogen-bond acceptors (Lipinski definition) is 3. The summed E-state index contributed by atoms with van der Waals surface area (Å²) >= 11 is 0. The van der Waals surface area contributed by atoms with Crippen LogP contribution in [0.25, 0.3) is 11.0 Å². The van der Waals surface area contributed by atoms with E-state index in [0.717, 1.165) is 49.3 Å². The Morgan fingerprint density at radius 1 is 1.23 bits per heavy atom. The van der Waals surface area contributed by atoms with Gasteiger partial charge in [-0.2, -0.15) is 0 Å². The fourth-order valence-corrected chi connectivity index (χ4v) is 4.29. The Morgan fingerprint density at radius 3 is 2.88 bits per heavy atom. The number of guanidine groups is 1. The second kappa shape index (κ2) is 8.12. The normalized spacial score (nSPS) is 21.8. The first-order valence-electron chi connectivity index (χ1n) is 9.97. The maximum atomic E-state index is 5.90.